The van der Waals surface area contributed by atoms with Crippen molar-refractivity contribution >= 4 is 27.7 Å². The van der Waals surface area contributed by atoms with Crippen LogP contribution in [0.5, 0.6) is 0 Å². The van der Waals surface area contributed by atoms with E-state index < -0.39 is 0 Å². The van der Waals surface area contributed by atoms with Crippen LogP contribution in [0.1, 0.15) is 68.4 Å². The van der Waals surface area contributed by atoms with Crippen LogP contribution in [0.15, 0.2) is 59.1 Å². The van der Waals surface area contributed by atoms with Gasteiger partial charge in [0, 0.05) is 49.0 Å². The van der Waals surface area contributed by atoms with Crippen molar-refractivity contribution in [3.8, 4) is 0 Å². The summed E-state index contributed by atoms with van der Waals surface area (Å²) in [5.41, 5.74) is 2.38. The van der Waals surface area contributed by atoms with Gasteiger partial charge in [-0.05, 0) is 74.4 Å². The average molecular weight is 593 g/mol. The summed E-state index contributed by atoms with van der Waals surface area (Å²) in [5.74, 6) is 1.83. The van der Waals surface area contributed by atoms with Gasteiger partial charge in [0.2, 0.25) is 11.8 Å². The van der Waals surface area contributed by atoms with E-state index in [1.807, 2.05) is 0 Å². The van der Waals surface area contributed by atoms with Gasteiger partial charge in [0.15, 0.2) is 0 Å². The first-order chi connectivity index (χ1) is 19.0. The molecule has 2 aromatic carbocycles. The molecule has 6 rings (SSSR count). The summed E-state index contributed by atoms with van der Waals surface area (Å²) in [6.07, 6.45) is 8.70. The Kier molecular flexibility index (Phi) is 8.13. The van der Waals surface area contributed by atoms with Crippen LogP contribution in [0.2, 0.25) is 0 Å². The van der Waals surface area contributed by atoms with E-state index in [-0.39, 0.29) is 11.3 Å². The molecule has 5 nitrogen and oxygen atoms in total. The van der Waals surface area contributed by atoms with Crippen LogP contribution in [0, 0.1) is 17.3 Å². The van der Waals surface area contributed by atoms with Crippen molar-refractivity contribution in [3.05, 3.63) is 70.2 Å². The minimum Gasteiger partial charge on any atom is -0.341 e. The first kappa shape index (κ1) is 27.0. The van der Waals surface area contributed by atoms with E-state index in [0.29, 0.717) is 30.2 Å². The Hall–Kier alpha value is -2.18. The van der Waals surface area contributed by atoms with Gasteiger partial charge in [-0.1, -0.05) is 77.7 Å². The molecule has 3 aliphatic heterocycles. The number of carbonyl (C=O) groups excluding carboxylic acids is 2. The van der Waals surface area contributed by atoms with Gasteiger partial charge in [-0.25, -0.2) is 0 Å². The molecule has 6 heteroatoms. The number of hydrogen-bond acceptors (Lipinski definition) is 3. The molecule has 1 aliphatic carbocycles. The molecular weight excluding hydrogens is 550 g/mol. The normalized spacial score (nSPS) is 26.0. The van der Waals surface area contributed by atoms with Gasteiger partial charge in [-0.3, -0.25) is 9.59 Å². The molecule has 0 radical (unpaired) electrons. The average Bonchev–Trinajstić information content (AvgIpc) is 3.53. The Morgan fingerprint density at radius 1 is 0.872 bits per heavy atom. The Bertz CT molecular complexity index is 1140. The molecule has 4 aliphatic rings. The maximum Gasteiger partial charge on any atom is 0.229 e. The molecule has 3 heterocycles. The van der Waals surface area contributed by atoms with Gasteiger partial charge in [-0.2, -0.15) is 0 Å². The Labute approximate surface area is 242 Å². The Morgan fingerprint density at radius 2 is 1.56 bits per heavy atom. The van der Waals surface area contributed by atoms with Crippen LogP contribution >= 0.6 is 15.9 Å². The first-order valence-electron chi connectivity index (χ1n) is 15.1. The third-order valence-corrected chi connectivity index (χ3v) is 10.7. The van der Waals surface area contributed by atoms with Crippen molar-refractivity contribution in [2.75, 3.05) is 39.3 Å². The van der Waals surface area contributed by atoms with Crippen molar-refractivity contribution in [1.82, 2.24) is 14.7 Å². The van der Waals surface area contributed by atoms with Crippen molar-refractivity contribution in [2.45, 2.75) is 63.8 Å². The minimum atomic E-state index is -0.177. The Morgan fingerprint density at radius 3 is 2.28 bits per heavy atom. The summed E-state index contributed by atoms with van der Waals surface area (Å²) in [5, 5.41) is 0. The van der Waals surface area contributed by atoms with E-state index in [2.05, 4.69) is 85.2 Å². The highest BCUT2D eigenvalue weighted by molar-refractivity contribution is 9.10. The summed E-state index contributed by atoms with van der Waals surface area (Å²) >= 11 is 3.50. The van der Waals surface area contributed by atoms with Crippen molar-refractivity contribution in [3.63, 3.8) is 0 Å². The number of halogens is 1. The van der Waals surface area contributed by atoms with E-state index in [0.717, 1.165) is 75.8 Å². The van der Waals surface area contributed by atoms with Crippen LogP contribution in [0.25, 0.3) is 0 Å². The number of amides is 2. The number of piperidine rings is 1. The van der Waals surface area contributed by atoms with Crippen molar-refractivity contribution in [1.29, 1.82) is 0 Å². The van der Waals surface area contributed by atoms with Gasteiger partial charge < -0.3 is 14.7 Å². The number of benzene rings is 2. The zero-order chi connectivity index (χ0) is 26.8. The second kappa shape index (κ2) is 11.7. The highest BCUT2D eigenvalue weighted by atomic mass is 79.9. The van der Waals surface area contributed by atoms with E-state index in [1.54, 1.807) is 0 Å². The maximum atomic E-state index is 13.6. The van der Waals surface area contributed by atoms with Crippen molar-refractivity contribution in [2.24, 2.45) is 17.3 Å². The van der Waals surface area contributed by atoms with Gasteiger partial charge in [-0.15, -0.1) is 0 Å². The lowest BCUT2D eigenvalue weighted by Crippen LogP contribution is -2.46. The zero-order valence-electron chi connectivity index (χ0n) is 23.1. The van der Waals surface area contributed by atoms with Gasteiger partial charge in [0.25, 0.3) is 0 Å². The maximum absolute atomic E-state index is 13.6. The van der Waals surface area contributed by atoms with Crippen LogP contribution in [-0.4, -0.2) is 65.8 Å². The molecule has 208 valence electrons. The van der Waals surface area contributed by atoms with E-state index >= 15 is 0 Å². The smallest absolute Gasteiger partial charge is 0.229 e. The molecule has 4 fully saturated rings. The minimum absolute atomic E-state index is 0.177. The number of nitrogens with zero attached hydrogens (tertiary/aromatic N) is 3. The van der Waals surface area contributed by atoms with Crippen LogP contribution < -0.4 is 0 Å². The molecule has 2 atom stereocenters. The third-order valence-electron chi connectivity index (χ3n) is 10.1. The second-order valence-corrected chi connectivity index (χ2v) is 13.5. The number of carbonyl (C=O) groups is 2. The van der Waals surface area contributed by atoms with Gasteiger partial charge >= 0.3 is 0 Å². The molecule has 1 saturated carbocycles. The fourth-order valence-corrected chi connectivity index (χ4v) is 8.00. The van der Waals surface area contributed by atoms with Gasteiger partial charge in [0.1, 0.15) is 0 Å². The standard InChI is InChI=1S/C33H42BrN3O2/c34-29-13-11-25(12-14-29)21-36-20-17-33(32(36)39)15-18-35(19-16-33)22-28-23-37(31(38)27-9-5-2-6-10-27)24-30(28)26-7-3-1-4-8-26/h1,3-4,7-8,11-14,27-28,30H,2,5-6,9-10,15-24H2. The molecule has 3 saturated heterocycles. The van der Waals surface area contributed by atoms with Crippen LogP contribution in [0.4, 0.5) is 0 Å². The molecule has 0 bridgehead atoms. The van der Waals surface area contributed by atoms with Crippen molar-refractivity contribution < 1.29 is 9.59 Å². The fourth-order valence-electron chi connectivity index (χ4n) is 7.73. The summed E-state index contributed by atoms with van der Waals surface area (Å²) in [7, 11) is 0. The fraction of sp³-hybridized carbons (Fsp3) is 0.576. The number of likely N-dealkylation sites (tertiary alicyclic amines) is 3. The first-order valence-corrected chi connectivity index (χ1v) is 15.9. The third kappa shape index (κ3) is 5.83. The second-order valence-electron chi connectivity index (χ2n) is 12.5. The van der Waals surface area contributed by atoms with Crippen LogP contribution in [0.3, 0.4) is 0 Å². The zero-order valence-corrected chi connectivity index (χ0v) is 24.7. The molecular formula is C33H42BrN3O2. The molecule has 2 unspecified atom stereocenters. The lowest BCUT2D eigenvalue weighted by Gasteiger charge is -2.39. The molecule has 0 aromatic heterocycles. The predicted molar refractivity (Wildman–Crippen MR) is 158 cm³/mol. The lowest BCUT2D eigenvalue weighted by molar-refractivity contribution is -0.139. The Balaban J connectivity index is 1.08. The number of rotatable bonds is 6. The van der Waals surface area contributed by atoms with Gasteiger partial charge in [0.05, 0.1) is 5.41 Å². The molecule has 39 heavy (non-hydrogen) atoms. The molecule has 1 spiro atoms. The summed E-state index contributed by atoms with van der Waals surface area (Å²) in [4.78, 5) is 33.9. The highest BCUT2D eigenvalue weighted by Crippen LogP contribution is 2.43. The monoisotopic (exact) mass is 591 g/mol. The summed E-state index contributed by atoms with van der Waals surface area (Å²) < 4.78 is 1.07. The highest BCUT2D eigenvalue weighted by Gasteiger charge is 2.48. The van der Waals surface area contributed by atoms with E-state index in [9.17, 15) is 9.59 Å². The summed E-state index contributed by atoms with van der Waals surface area (Å²) in [6, 6.07) is 19.2. The molecule has 2 aromatic rings. The lowest BCUT2D eigenvalue weighted by atomic mass is 9.76. The van der Waals surface area contributed by atoms with Crippen LogP contribution in [-0.2, 0) is 16.1 Å². The summed E-state index contributed by atoms with van der Waals surface area (Å²) in [6.45, 7) is 6.27. The topological polar surface area (TPSA) is 43.9 Å². The quantitative estimate of drug-likeness (QED) is 0.408. The predicted octanol–water partition coefficient (Wildman–Crippen LogP) is 6.09. The largest absolute Gasteiger partial charge is 0.341 e. The number of hydrogen-bond donors (Lipinski definition) is 0. The SMILES string of the molecule is O=C(C1CCCCC1)N1CC(CN2CCC3(CC2)CCN(Cc2ccc(Br)cc2)C3=O)C(c2ccccc2)C1. The van der Waals surface area contributed by atoms with E-state index in [1.165, 1.54) is 30.4 Å². The molecule has 0 N–H and O–H groups in total. The van der Waals surface area contributed by atoms with E-state index in [4.69, 9.17) is 0 Å². The molecule has 2 amide bonds.